The maximum Gasteiger partial charge on any atom is 0.0323 e. The van der Waals surface area contributed by atoms with E-state index in [1.807, 2.05) is 0 Å². The second-order valence-electron chi connectivity index (χ2n) is 6.00. The predicted molar refractivity (Wildman–Crippen MR) is 86.0 cm³/mol. The van der Waals surface area contributed by atoms with Gasteiger partial charge in [0, 0.05) is 10.5 Å². The van der Waals surface area contributed by atoms with Crippen LogP contribution in [0.2, 0.25) is 0 Å². The molecule has 106 valence electrons. The van der Waals surface area contributed by atoms with Gasteiger partial charge in [0.2, 0.25) is 0 Å². The van der Waals surface area contributed by atoms with Gasteiger partial charge in [-0.3, -0.25) is 0 Å². The summed E-state index contributed by atoms with van der Waals surface area (Å²) in [7, 11) is 0. The molecule has 1 saturated carbocycles. The van der Waals surface area contributed by atoms with Crippen LogP contribution in [-0.4, -0.2) is 0 Å². The molecule has 0 amide bonds. The highest BCUT2D eigenvalue weighted by Crippen LogP contribution is 2.37. The highest BCUT2D eigenvalue weighted by Gasteiger charge is 2.26. The fourth-order valence-corrected chi connectivity index (χ4v) is 3.55. The van der Waals surface area contributed by atoms with E-state index in [1.54, 1.807) is 0 Å². The van der Waals surface area contributed by atoms with Crippen LogP contribution in [0.3, 0.4) is 0 Å². The van der Waals surface area contributed by atoms with Crippen LogP contribution in [0.5, 0.6) is 0 Å². The number of nitrogens with two attached hydrogens (primary N) is 1. The first-order valence-corrected chi connectivity index (χ1v) is 8.51. The number of hydrogen-bond donors (Lipinski definition) is 1. The van der Waals surface area contributed by atoms with Crippen molar-refractivity contribution < 1.29 is 0 Å². The lowest BCUT2D eigenvalue weighted by Gasteiger charge is -2.32. The van der Waals surface area contributed by atoms with E-state index in [9.17, 15) is 0 Å². The molecule has 2 heteroatoms. The van der Waals surface area contributed by atoms with Crippen molar-refractivity contribution >= 4 is 15.9 Å². The van der Waals surface area contributed by atoms with Gasteiger partial charge >= 0.3 is 0 Å². The lowest BCUT2D eigenvalue weighted by molar-refractivity contribution is 0.232. The Bertz CT molecular complexity index is 365. The van der Waals surface area contributed by atoms with Crippen LogP contribution in [-0.2, 0) is 0 Å². The Hall–Kier alpha value is -0.340. The fourth-order valence-electron chi connectivity index (χ4n) is 3.29. The molecular weight excluding hydrogens is 298 g/mol. The van der Waals surface area contributed by atoms with Gasteiger partial charge in [-0.1, -0.05) is 67.1 Å². The topological polar surface area (TPSA) is 26.0 Å². The minimum Gasteiger partial charge on any atom is -0.324 e. The molecule has 1 nitrogen and oxygen atoms in total. The number of unbranched alkanes of at least 4 members (excludes halogenated alkanes) is 1. The van der Waals surface area contributed by atoms with E-state index in [2.05, 4.69) is 47.1 Å². The second kappa shape index (κ2) is 7.44. The van der Waals surface area contributed by atoms with E-state index in [0.717, 1.165) is 10.4 Å². The molecule has 0 radical (unpaired) electrons. The van der Waals surface area contributed by atoms with Crippen LogP contribution >= 0.6 is 15.9 Å². The zero-order chi connectivity index (χ0) is 13.7. The van der Waals surface area contributed by atoms with E-state index in [-0.39, 0.29) is 6.04 Å². The van der Waals surface area contributed by atoms with Gasteiger partial charge in [-0.2, -0.15) is 0 Å². The van der Waals surface area contributed by atoms with Crippen molar-refractivity contribution in [3.8, 4) is 0 Å². The van der Waals surface area contributed by atoms with Gasteiger partial charge in [0.1, 0.15) is 0 Å². The SMILES string of the molecule is CCCCC1CCC(C(N)c2ccc(Br)cc2)CC1. The minimum atomic E-state index is 0.222. The first-order chi connectivity index (χ1) is 9.20. The van der Waals surface area contributed by atoms with Crippen molar-refractivity contribution in [3.63, 3.8) is 0 Å². The van der Waals surface area contributed by atoms with Crippen molar-refractivity contribution in [1.82, 2.24) is 0 Å². The largest absolute Gasteiger partial charge is 0.324 e. The highest BCUT2D eigenvalue weighted by molar-refractivity contribution is 9.10. The standard InChI is InChI=1S/C17H26BrN/c1-2-3-4-13-5-7-14(8-6-13)17(19)15-9-11-16(18)12-10-15/h9-14,17H,2-8,19H2,1H3. The van der Waals surface area contributed by atoms with E-state index < -0.39 is 0 Å². The van der Waals surface area contributed by atoms with Crippen LogP contribution < -0.4 is 5.73 Å². The molecule has 1 aliphatic rings. The second-order valence-corrected chi connectivity index (χ2v) is 6.92. The molecule has 0 aromatic heterocycles. The summed E-state index contributed by atoms with van der Waals surface area (Å²) in [4.78, 5) is 0. The normalized spacial score (nSPS) is 25.2. The number of benzene rings is 1. The first kappa shape index (κ1) is 15.1. The average Bonchev–Trinajstić information content (AvgIpc) is 2.46. The van der Waals surface area contributed by atoms with Crippen LogP contribution in [0.4, 0.5) is 0 Å². The summed E-state index contributed by atoms with van der Waals surface area (Å²) >= 11 is 3.48. The van der Waals surface area contributed by atoms with Crippen molar-refractivity contribution in [1.29, 1.82) is 0 Å². The molecule has 0 heterocycles. The summed E-state index contributed by atoms with van der Waals surface area (Å²) in [6.45, 7) is 2.29. The minimum absolute atomic E-state index is 0.222. The van der Waals surface area contributed by atoms with E-state index >= 15 is 0 Å². The summed E-state index contributed by atoms with van der Waals surface area (Å²) in [5, 5.41) is 0. The molecule has 2 N–H and O–H groups in total. The van der Waals surface area contributed by atoms with Crippen LogP contribution in [0.15, 0.2) is 28.7 Å². The zero-order valence-corrected chi connectivity index (χ0v) is 13.5. The van der Waals surface area contributed by atoms with Gasteiger partial charge in [-0.25, -0.2) is 0 Å². The monoisotopic (exact) mass is 323 g/mol. The Morgan fingerprint density at radius 1 is 1.16 bits per heavy atom. The van der Waals surface area contributed by atoms with Crippen LogP contribution in [0.1, 0.15) is 63.5 Å². The summed E-state index contributed by atoms with van der Waals surface area (Å²) in [6.07, 6.45) is 9.55. The zero-order valence-electron chi connectivity index (χ0n) is 11.9. The van der Waals surface area contributed by atoms with Crippen LogP contribution in [0, 0.1) is 11.8 Å². The van der Waals surface area contributed by atoms with Crippen molar-refractivity contribution in [2.45, 2.75) is 57.9 Å². The summed E-state index contributed by atoms with van der Waals surface area (Å²) in [5.41, 5.74) is 7.74. The van der Waals surface area contributed by atoms with E-state index in [4.69, 9.17) is 5.73 Å². The molecular formula is C17H26BrN. The molecule has 0 bridgehead atoms. The maximum atomic E-state index is 6.45. The summed E-state index contributed by atoms with van der Waals surface area (Å²) in [5.74, 6) is 1.65. The molecule has 1 unspecified atom stereocenters. The molecule has 0 spiro atoms. The first-order valence-electron chi connectivity index (χ1n) is 7.71. The third-order valence-corrected chi connectivity index (χ3v) is 5.15. The molecule has 19 heavy (non-hydrogen) atoms. The van der Waals surface area contributed by atoms with Crippen molar-refractivity contribution in [2.24, 2.45) is 17.6 Å². The Balaban J connectivity index is 1.85. The van der Waals surface area contributed by atoms with Gasteiger partial charge in [0.15, 0.2) is 0 Å². The van der Waals surface area contributed by atoms with Gasteiger partial charge in [0.05, 0.1) is 0 Å². The quantitative estimate of drug-likeness (QED) is 0.766. The number of rotatable bonds is 5. The molecule has 1 atom stereocenters. The average molecular weight is 324 g/mol. The lowest BCUT2D eigenvalue weighted by atomic mass is 9.75. The molecule has 1 aromatic carbocycles. The van der Waals surface area contributed by atoms with Gasteiger partial charge in [-0.05, 0) is 42.4 Å². The molecule has 0 aliphatic heterocycles. The smallest absolute Gasteiger partial charge is 0.0323 e. The number of hydrogen-bond acceptors (Lipinski definition) is 1. The van der Waals surface area contributed by atoms with E-state index in [1.165, 1.54) is 50.5 Å². The fraction of sp³-hybridized carbons (Fsp3) is 0.647. The highest BCUT2D eigenvalue weighted by atomic mass is 79.9. The van der Waals surface area contributed by atoms with Gasteiger partial charge in [0.25, 0.3) is 0 Å². The van der Waals surface area contributed by atoms with E-state index in [0.29, 0.717) is 5.92 Å². The van der Waals surface area contributed by atoms with Crippen molar-refractivity contribution in [3.05, 3.63) is 34.3 Å². The summed E-state index contributed by atoms with van der Waals surface area (Å²) < 4.78 is 1.13. The van der Waals surface area contributed by atoms with Crippen molar-refractivity contribution in [2.75, 3.05) is 0 Å². The lowest BCUT2D eigenvalue weighted by Crippen LogP contribution is -2.26. The van der Waals surface area contributed by atoms with Crippen LogP contribution in [0.25, 0.3) is 0 Å². The maximum absolute atomic E-state index is 6.45. The Labute approximate surface area is 126 Å². The van der Waals surface area contributed by atoms with Gasteiger partial charge < -0.3 is 5.73 Å². The third kappa shape index (κ3) is 4.32. The molecule has 1 fully saturated rings. The molecule has 0 saturated heterocycles. The Morgan fingerprint density at radius 2 is 1.79 bits per heavy atom. The summed E-state index contributed by atoms with van der Waals surface area (Å²) in [6, 6.07) is 8.75. The molecule has 1 aliphatic carbocycles. The third-order valence-electron chi connectivity index (χ3n) is 4.62. The predicted octanol–water partition coefficient (Wildman–Crippen LogP) is 5.45. The molecule has 1 aromatic rings. The van der Waals surface area contributed by atoms with Gasteiger partial charge in [-0.15, -0.1) is 0 Å². The molecule has 2 rings (SSSR count). The number of halogens is 1. The Kier molecular flexibility index (Phi) is 5.90. The Morgan fingerprint density at radius 3 is 2.37 bits per heavy atom.